The van der Waals surface area contributed by atoms with Gasteiger partial charge in [0.1, 0.15) is 6.61 Å². The van der Waals surface area contributed by atoms with Gasteiger partial charge in [-0.3, -0.25) is 0 Å². The monoisotopic (exact) mass is 289 g/mol. The highest BCUT2D eigenvalue weighted by atomic mass is 16.5. The Balaban J connectivity index is 2.22. The van der Waals surface area contributed by atoms with E-state index in [9.17, 15) is 4.79 Å². The number of aromatic nitrogens is 1. The maximum Gasteiger partial charge on any atom is 0.335 e. The topological polar surface area (TPSA) is 77.9 Å². The van der Waals surface area contributed by atoms with Crippen molar-refractivity contribution in [3.63, 3.8) is 0 Å². The van der Waals surface area contributed by atoms with Crippen LogP contribution >= 0.6 is 0 Å². The summed E-state index contributed by atoms with van der Waals surface area (Å²) in [6, 6.07) is 8.02. The number of ether oxygens (including phenoxy) is 3. The largest absolute Gasteiger partial charge is 0.493 e. The summed E-state index contributed by atoms with van der Waals surface area (Å²) in [7, 11) is 3.02. The molecule has 0 fully saturated rings. The minimum absolute atomic E-state index is 0.129. The molecule has 1 aromatic carbocycles. The van der Waals surface area contributed by atoms with Crippen molar-refractivity contribution in [1.29, 1.82) is 0 Å². The highest BCUT2D eigenvalue weighted by molar-refractivity contribution is 5.88. The Morgan fingerprint density at radius 3 is 2.67 bits per heavy atom. The molecule has 2 rings (SSSR count). The molecule has 0 unspecified atom stereocenters. The first-order valence-corrected chi connectivity index (χ1v) is 6.17. The fraction of sp³-hybridized carbons (Fsp3) is 0.200. The molecule has 110 valence electrons. The number of carboxylic acids is 1. The molecule has 0 saturated carbocycles. The number of carbonyl (C=O) groups is 1. The van der Waals surface area contributed by atoms with Crippen LogP contribution in [0.5, 0.6) is 17.4 Å². The van der Waals surface area contributed by atoms with Gasteiger partial charge in [0, 0.05) is 6.20 Å². The van der Waals surface area contributed by atoms with E-state index in [1.165, 1.54) is 26.4 Å². The summed E-state index contributed by atoms with van der Waals surface area (Å²) in [5, 5.41) is 9.01. The number of pyridine rings is 1. The number of carboxylic acid groups (broad SMARTS) is 1. The van der Waals surface area contributed by atoms with Crippen molar-refractivity contribution in [3.8, 4) is 17.4 Å². The van der Waals surface area contributed by atoms with Crippen molar-refractivity contribution < 1.29 is 24.1 Å². The molecule has 1 aromatic heterocycles. The van der Waals surface area contributed by atoms with Gasteiger partial charge in [0.25, 0.3) is 0 Å². The average Bonchev–Trinajstić information content (AvgIpc) is 2.52. The summed E-state index contributed by atoms with van der Waals surface area (Å²) in [4.78, 5) is 15.1. The van der Waals surface area contributed by atoms with Crippen molar-refractivity contribution >= 4 is 5.97 Å². The van der Waals surface area contributed by atoms with Crippen LogP contribution in [-0.2, 0) is 6.61 Å². The van der Waals surface area contributed by atoms with Crippen LogP contribution in [0.4, 0.5) is 0 Å². The third kappa shape index (κ3) is 3.42. The fourth-order valence-corrected chi connectivity index (χ4v) is 1.80. The standard InChI is InChI=1S/C15H15NO5/c1-19-12-6-5-10(15(17)18)8-13(12)21-9-11-4-3-7-16-14(11)20-2/h3-8H,9H2,1-2H3,(H,17,18). The van der Waals surface area contributed by atoms with Gasteiger partial charge in [-0.2, -0.15) is 0 Å². The number of nitrogens with zero attached hydrogens (tertiary/aromatic N) is 1. The van der Waals surface area contributed by atoms with Gasteiger partial charge in [-0.15, -0.1) is 0 Å². The number of rotatable bonds is 6. The summed E-state index contributed by atoms with van der Waals surface area (Å²) >= 11 is 0. The first kappa shape index (κ1) is 14.6. The fourth-order valence-electron chi connectivity index (χ4n) is 1.80. The van der Waals surface area contributed by atoms with Crippen molar-refractivity contribution in [2.24, 2.45) is 0 Å². The minimum Gasteiger partial charge on any atom is -0.493 e. The third-order valence-electron chi connectivity index (χ3n) is 2.84. The van der Waals surface area contributed by atoms with Crippen LogP contribution < -0.4 is 14.2 Å². The van der Waals surface area contributed by atoms with Gasteiger partial charge in [-0.1, -0.05) is 0 Å². The molecular formula is C15H15NO5. The SMILES string of the molecule is COc1ccc(C(=O)O)cc1OCc1cccnc1OC. The molecule has 0 aliphatic heterocycles. The van der Waals surface area contributed by atoms with Gasteiger partial charge in [-0.25, -0.2) is 9.78 Å². The number of methoxy groups -OCH3 is 2. The van der Waals surface area contributed by atoms with Crippen LogP contribution in [0.15, 0.2) is 36.5 Å². The summed E-state index contributed by atoms with van der Waals surface area (Å²) < 4.78 is 15.9. The Kier molecular flexibility index (Phi) is 4.61. The number of hydrogen-bond donors (Lipinski definition) is 1. The van der Waals surface area contributed by atoms with Gasteiger partial charge in [-0.05, 0) is 30.3 Å². The van der Waals surface area contributed by atoms with Crippen molar-refractivity contribution in [1.82, 2.24) is 4.98 Å². The third-order valence-corrected chi connectivity index (χ3v) is 2.84. The Morgan fingerprint density at radius 2 is 2.00 bits per heavy atom. The molecule has 0 saturated heterocycles. The van der Waals surface area contributed by atoms with Crippen LogP contribution in [-0.4, -0.2) is 30.3 Å². The van der Waals surface area contributed by atoms with Crippen molar-refractivity contribution in [2.75, 3.05) is 14.2 Å². The smallest absolute Gasteiger partial charge is 0.335 e. The van der Waals surface area contributed by atoms with Gasteiger partial charge in [0.05, 0.1) is 25.3 Å². The van der Waals surface area contributed by atoms with E-state index in [0.717, 1.165) is 5.56 Å². The molecule has 2 aromatic rings. The lowest BCUT2D eigenvalue weighted by Crippen LogP contribution is -2.03. The van der Waals surface area contributed by atoms with Crippen LogP contribution in [0, 0.1) is 0 Å². The zero-order chi connectivity index (χ0) is 15.2. The first-order chi connectivity index (χ1) is 10.2. The molecule has 0 radical (unpaired) electrons. The Hall–Kier alpha value is -2.76. The normalized spacial score (nSPS) is 10.0. The predicted octanol–water partition coefficient (Wildman–Crippen LogP) is 2.38. The van der Waals surface area contributed by atoms with Crippen molar-refractivity contribution in [3.05, 3.63) is 47.7 Å². The maximum absolute atomic E-state index is 11.0. The molecule has 0 bridgehead atoms. The highest BCUT2D eigenvalue weighted by Crippen LogP contribution is 2.29. The van der Waals surface area contributed by atoms with Gasteiger partial charge in [0.2, 0.25) is 5.88 Å². The molecule has 0 aliphatic carbocycles. The van der Waals surface area contributed by atoms with E-state index in [1.54, 1.807) is 18.3 Å². The molecular weight excluding hydrogens is 274 g/mol. The maximum atomic E-state index is 11.0. The van der Waals surface area contributed by atoms with E-state index in [4.69, 9.17) is 19.3 Å². The summed E-state index contributed by atoms with van der Waals surface area (Å²) in [5.74, 6) is 0.249. The molecule has 0 aliphatic rings. The Labute approximate surface area is 121 Å². The zero-order valence-electron chi connectivity index (χ0n) is 11.7. The molecule has 0 amide bonds. The second kappa shape index (κ2) is 6.60. The van der Waals surface area contributed by atoms with Gasteiger partial charge < -0.3 is 19.3 Å². The lowest BCUT2D eigenvalue weighted by Gasteiger charge is -2.12. The molecule has 0 atom stereocenters. The van der Waals surface area contributed by atoms with Crippen LogP contribution in [0.25, 0.3) is 0 Å². The second-order valence-electron chi connectivity index (χ2n) is 4.13. The summed E-state index contributed by atoms with van der Waals surface area (Å²) in [6.45, 7) is 0.191. The van der Waals surface area contributed by atoms with E-state index in [0.29, 0.717) is 17.4 Å². The molecule has 6 nitrogen and oxygen atoms in total. The Bertz CT molecular complexity index is 642. The molecule has 0 spiro atoms. The lowest BCUT2D eigenvalue weighted by molar-refractivity contribution is 0.0696. The quantitative estimate of drug-likeness (QED) is 0.879. The lowest BCUT2D eigenvalue weighted by atomic mass is 10.2. The van der Waals surface area contributed by atoms with E-state index in [-0.39, 0.29) is 12.2 Å². The van der Waals surface area contributed by atoms with E-state index >= 15 is 0 Å². The summed E-state index contributed by atoms with van der Waals surface area (Å²) in [5.41, 5.74) is 0.881. The highest BCUT2D eigenvalue weighted by Gasteiger charge is 2.11. The van der Waals surface area contributed by atoms with Crippen molar-refractivity contribution in [2.45, 2.75) is 6.61 Å². The number of hydrogen-bond acceptors (Lipinski definition) is 5. The second-order valence-corrected chi connectivity index (χ2v) is 4.13. The number of aromatic carboxylic acids is 1. The minimum atomic E-state index is -1.03. The Morgan fingerprint density at radius 1 is 1.19 bits per heavy atom. The average molecular weight is 289 g/mol. The van der Waals surface area contributed by atoms with Crippen LogP contribution in [0.2, 0.25) is 0 Å². The number of benzene rings is 1. The van der Waals surface area contributed by atoms with E-state index < -0.39 is 5.97 Å². The first-order valence-electron chi connectivity index (χ1n) is 6.17. The van der Waals surface area contributed by atoms with Gasteiger partial charge in [0.15, 0.2) is 11.5 Å². The van der Waals surface area contributed by atoms with Crippen LogP contribution in [0.3, 0.4) is 0 Å². The molecule has 1 heterocycles. The zero-order valence-corrected chi connectivity index (χ0v) is 11.7. The van der Waals surface area contributed by atoms with E-state index in [2.05, 4.69) is 4.98 Å². The van der Waals surface area contributed by atoms with E-state index in [1.807, 2.05) is 6.07 Å². The predicted molar refractivity (Wildman–Crippen MR) is 75.1 cm³/mol. The van der Waals surface area contributed by atoms with Crippen LogP contribution in [0.1, 0.15) is 15.9 Å². The summed E-state index contributed by atoms with van der Waals surface area (Å²) in [6.07, 6.45) is 1.62. The molecule has 1 N–H and O–H groups in total. The molecule has 6 heteroatoms. The molecule has 21 heavy (non-hydrogen) atoms. The van der Waals surface area contributed by atoms with Gasteiger partial charge >= 0.3 is 5.97 Å².